The van der Waals surface area contributed by atoms with Crippen LogP contribution in [-0.4, -0.2) is 19.5 Å². The molecule has 2 N–H and O–H groups in total. The molecular weight excluding hydrogens is 238 g/mol. The lowest BCUT2D eigenvalue weighted by Gasteiger charge is -2.28. The molecule has 2 rings (SSSR count). The fourth-order valence-electron chi connectivity index (χ4n) is 2.50. The van der Waals surface area contributed by atoms with Gasteiger partial charge in [0.2, 0.25) is 0 Å². The number of hydrogen-bond acceptors (Lipinski definition) is 3. The molecule has 0 aromatic heterocycles. The molecule has 1 aliphatic carbocycles. The average molecular weight is 263 g/mol. The summed E-state index contributed by atoms with van der Waals surface area (Å²) >= 11 is 0. The quantitative estimate of drug-likeness (QED) is 0.767. The molecule has 1 aromatic carbocycles. The molecule has 3 nitrogen and oxygen atoms in total. The Kier molecular flexibility index (Phi) is 5.37. The van der Waals surface area contributed by atoms with Crippen molar-refractivity contribution in [3.63, 3.8) is 0 Å². The number of nitrogens with two attached hydrogens (primary N) is 1. The van der Waals surface area contributed by atoms with Gasteiger partial charge in [0.25, 0.3) is 0 Å². The molecule has 19 heavy (non-hydrogen) atoms. The van der Waals surface area contributed by atoms with Gasteiger partial charge in [-0.2, -0.15) is 0 Å². The summed E-state index contributed by atoms with van der Waals surface area (Å²) in [5.74, 6) is 0.727. The van der Waals surface area contributed by atoms with Crippen LogP contribution in [0.25, 0.3) is 0 Å². The van der Waals surface area contributed by atoms with Crippen molar-refractivity contribution in [1.82, 2.24) is 0 Å². The highest BCUT2D eigenvalue weighted by Gasteiger charge is 2.23. The van der Waals surface area contributed by atoms with Crippen molar-refractivity contribution in [3.8, 4) is 0 Å². The van der Waals surface area contributed by atoms with Crippen molar-refractivity contribution >= 4 is 0 Å². The van der Waals surface area contributed by atoms with Crippen LogP contribution in [0.4, 0.5) is 0 Å². The van der Waals surface area contributed by atoms with E-state index in [0.717, 1.165) is 11.5 Å². The summed E-state index contributed by atoms with van der Waals surface area (Å²) in [5.41, 5.74) is 8.81. The van der Waals surface area contributed by atoms with Crippen LogP contribution in [0.3, 0.4) is 0 Å². The molecule has 106 valence electrons. The highest BCUT2D eigenvalue weighted by atomic mass is 16.7. The lowest BCUT2D eigenvalue weighted by atomic mass is 9.79. The molecule has 1 fully saturated rings. The van der Waals surface area contributed by atoms with Gasteiger partial charge in [0, 0.05) is 13.2 Å². The molecule has 0 aliphatic heterocycles. The van der Waals surface area contributed by atoms with Gasteiger partial charge in [-0.05, 0) is 43.7 Å². The van der Waals surface area contributed by atoms with E-state index in [-0.39, 0.29) is 12.3 Å². The van der Waals surface area contributed by atoms with E-state index < -0.39 is 0 Å². The second kappa shape index (κ2) is 7.04. The molecule has 3 heteroatoms. The molecule has 0 heterocycles. The van der Waals surface area contributed by atoms with Gasteiger partial charge in [-0.3, -0.25) is 0 Å². The zero-order chi connectivity index (χ0) is 13.7. The van der Waals surface area contributed by atoms with E-state index in [9.17, 15) is 0 Å². The first-order valence-electron chi connectivity index (χ1n) is 7.34. The van der Waals surface area contributed by atoms with E-state index in [1.54, 1.807) is 0 Å². The van der Waals surface area contributed by atoms with Crippen LogP contribution in [-0.2, 0) is 9.47 Å². The molecule has 0 bridgehead atoms. The van der Waals surface area contributed by atoms with Gasteiger partial charge in [-0.15, -0.1) is 0 Å². The summed E-state index contributed by atoms with van der Waals surface area (Å²) in [6.07, 6.45) is 3.60. The first-order valence-corrected chi connectivity index (χ1v) is 7.34. The van der Waals surface area contributed by atoms with Gasteiger partial charge < -0.3 is 15.2 Å². The lowest BCUT2D eigenvalue weighted by Crippen LogP contribution is -2.31. The molecule has 1 aromatic rings. The predicted molar refractivity (Wildman–Crippen MR) is 77.0 cm³/mol. The Labute approximate surface area is 116 Å². The van der Waals surface area contributed by atoms with E-state index >= 15 is 0 Å². The third-order valence-electron chi connectivity index (χ3n) is 3.83. The minimum absolute atomic E-state index is 0.222. The van der Waals surface area contributed by atoms with Crippen LogP contribution >= 0.6 is 0 Å². The minimum Gasteiger partial charge on any atom is -0.351 e. The maximum atomic E-state index is 6.29. The summed E-state index contributed by atoms with van der Waals surface area (Å²) in [6, 6.07) is 8.37. The first-order chi connectivity index (χ1) is 9.26. The molecular formula is C16H25NO2. The van der Waals surface area contributed by atoms with E-state index in [0.29, 0.717) is 13.2 Å². The second-order valence-corrected chi connectivity index (χ2v) is 5.10. The van der Waals surface area contributed by atoms with Gasteiger partial charge in [0.15, 0.2) is 6.29 Å². The first kappa shape index (κ1) is 14.5. The summed E-state index contributed by atoms with van der Waals surface area (Å²) in [4.78, 5) is 0. The van der Waals surface area contributed by atoms with E-state index in [2.05, 4.69) is 24.3 Å². The highest BCUT2D eigenvalue weighted by molar-refractivity contribution is 5.29. The van der Waals surface area contributed by atoms with Crippen LogP contribution < -0.4 is 5.73 Å². The van der Waals surface area contributed by atoms with Crippen LogP contribution in [0, 0.1) is 0 Å². The number of benzene rings is 1. The fourth-order valence-corrected chi connectivity index (χ4v) is 2.50. The Morgan fingerprint density at radius 1 is 1.21 bits per heavy atom. The molecule has 1 unspecified atom stereocenters. The Morgan fingerprint density at radius 3 is 2.42 bits per heavy atom. The Morgan fingerprint density at radius 2 is 1.89 bits per heavy atom. The Balaban J connectivity index is 2.09. The van der Waals surface area contributed by atoms with Gasteiger partial charge in [-0.1, -0.05) is 30.7 Å². The number of hydrogen-bond donors (Lipinski definition) is 1. The van der Waals surface area contributed by atoms with Gasteiger partial charge >= 0.3 is 0 Å². The van der Waals surface area contributed by atoms with E-state index in [1.807, 2.05) is 13.8 Å². The van der Waals surface area contributed by atoms with Gasteiger partial charge in [-0.25, -0.2) is 0 Å². The van der Waals surface area contributed by atoms with Crippen molar-refractivity contribution in [2.75, 3.05) is 13.2 Å². The maximum Gasteiger partial charge on any atom is 0.176 e. The maximum absolute atomic E-state index is 6.29. The standard InChI is InChI=1S/C16H25NO2/c1-3-18-16(19-4-2)15(17)14-10-6-9-13(11-14)12-7-5-8-12/h6,9-12,15-16H,3-5,7-8,17H2,1-2H3. The summed E-state index contributed by atoms with van der Waals surface area (Å²) in [7, 11) is 0. The summed E-state index contributed by atoms with van der Waals surface area (Å²) in [6.45, 7) is 5.15. The van der Waals surface area contributed by atoms with E-state index in [1.165, 1.54) is 24.8 Å². The molecule has 1 atom stereocenters. The van der Waals surface area contributed by atoms with Crippen molar-refractivity contribution < 1.29 is 9.47 Å². The smallest absolute Gasteiger partial charge is 0.176 e. The average Bonchev–Trinajstić information content (AvgIpc) is 2.36. The van der Waals surface area contributed by atoms with Crippen molar-refractivity contribution in [1.29, 1.82) is 0 Å². The van der Waals surface area contributed by atoms with Crippen molar-refractivity contribution in [2.45, 2.75) is 51.4 Å². The number of rotatable bonds is 7. The third kappa shape index (κ3) is 3.56. The molecule has 0 spiro atoms. The van der Waals surface area contributed by atoms with Gasteiger partial charge in [0.1, 0.15) is 0 Å². The number of ether oxygens (including phenoxy) is 2. The fraction of sp³-hybridized carbons (Fsp3) is 0.625. The SMILES string of the molecule is CCOC(OCC)C(N)c1cccc(C2CCC2)c1. The van der Waals surface area contributed by atoms with Crippen LogP contribution in [0.15, 0.2) is 24.3 Å². The highest BCUT2D eigenvalue weighted by Crippen LogP contribution is 2.37. The van der Waals surface area contributed by atoms with Crippen LogP contribution in [0.2, 0.25) is 0 Å². The van der Waals surface area contributed by atoms with Crippen molar-refractivity contribution in [2.24, 2.45) is 5.73 Å². The molecule has 0 saturated heterocycles. The lowest BCUT2D eigenvalue weighted by molar-refractivity contribution is -0.149. The summed E-state index contributed by atoms with van der Waals surface area (Å²) < 4.78 is 11.2. The normalized spacial score (nSPS) is 17.5. The Bertz CT molecular complexity index is 384. The van der Waals surface area contributed by atoms with Crippen molar-refractivity contribution in [3.05, 3.63) is 35.4 Å². The minimum atomic E-state index is -0.355. The predicted octanol–water partition coefficient (Wildman–Crippen LogP) is 3.35. The molecule has 0 amide bonds. The molecule has 0 radical (unpaired) electrons. The topological polar surface area (TPSA) is 44.5 Å². The van der Waals surface area contributed by atoms with Crippen LogP contribution in [0.1, 0.15) is 56.2 Å². The molecule has 1 saturated carbocycles. The molecule has 1 aliphatic rings. The monoisotopic (exact) mass is 263 g/mol. The zero-order valence-electron chi connectivity index (χ0n) is 12.0. The Hall–Kier alpha value is -0.900. The van der Waals surface area contributed by atoms with Crippen LogP contribution in [0.5, 0.6) is 0 Å². The largest absolute Gasteiger partial charge is 0.351 e. The second-order valence-electron chi connectivity index (χ2n) is 5.10. The van der Waals surface area contributed by atoms with E-state index in [4.69, 9.17) is 15.2 Å². The third-order valence-corrected chi connectivity index (χ3v) is 3.83. The zero-order valence-corrected chi connectivity index (χ0v) is 12.0. The van der Waals surface area contributed by atoms with Gasteiger partial charge in [0.05, 0.1) is 6.04 Å². The summed E-state index contributed by atoms with van der Waals surface area (Å²) in [5, 5.41) is 0.